The molecule has 1 aromatic carbocycles. The van der Waals surface area contributed by atoms with Crippen molar-refractivity contribution in [2.45, 2.75) is 39.3 Å². The van der Waals surface area contributed by atoms with E-state index < -0.39 is 17.7 Å². The maximum absolute atomic E-state index is 12.9. The molecule has 0 aromatic heterocycles. The van der Waals surface area contributed by atoms with Crippen molar-refractivity contribution in [3.63, 3.8) is 0 Å². The van der Waals surface area contributed by atoms with Crippen LogP contribution in [0.3, 0.4) is 0 Å². The predicted octanol–water partition coefficient (Wildman–Crippen LogP) is 3.71. The highest BCUT2D eigenvalue weighted by atomic mass is 19.4. The highest BCUT2D eigenvalue weighted by molar-refractivity contribution is 6.00. The van der Waals surface area contributed by atoms with Crippen molar-refractivity contribution >= 4 is 17.5 Å². The Balaban J connectivity index is 2.16. The van der Waals surface area contributed by atoms with Crippen molar-refractivity contribution in [2.75, 3.05) is 24.5 Å². The van der Waals surface area contributed by atoms with Crippen molar-refractivity contribution in [2.24, 2.45) is 5.92 Å². The van der Waals surface area contributed by atoms with Crippen LogP contribution >= 0.6 is 0 Å². The highest BCUT2D eigenvalue weighted by Crippen LogP contribution is 2.33. The van der Waals surface area contributed by atoms with Gasteiger partial charge >= 0.3 is 6.18 Å². The number of alkyl halides is 3. The smallest absolute Gasteiger partial charge is 0.342 e. The zero-order valence-corrected chi connectivity index (χ0v) is 14.5. The van der Waals surface area contributed by atoms with E-state index in [1.807, 2.05) is 13.8 Å². The van der Waals surface area contributed by atoms with E-state index in [1.165, 1.54) is 17.0 Å². The SMILES string of the molecule is CCCN(CCC)C(=O)C1CC(=O)N(c2cccc(C(F)(F)F)c2)C1. The first kappa shape index (κ1) is 19.3. The molecule has 0 aliphatic carbocycles. The number of anilines is 1. The van der Waals surface area contributed by atoms with Crippen molar-refractivity contribution in [3.05, 3.63) is 29.8 Å². The monoisotopic (exact) mass is 356 g/mol. The average molecular weight is 356 g/mol. The summed E-state index contributed by atoms with van der Waals surface area (Å²) in [6.07, 6.45) is -2.78. The molecule has 1 unspecified atom stereocenters. The molecule has 0 bridgehead atoms. The second-order valence-electron chi connectivity index (χ2n) is 6.28. The lowest BCUT2D eigenvalue weighted by atomic mass is 10.1. The van der Waals surface area contributed by atoms with Crippen molar-refractivity contribution in [1.29, 1.82) is 0 Å². The van der Waals surface area contributed by atoms with Gasteiger partial charge in [-0.3, -0.25) is 9.59 Å². The van der Waals surface area contributed by atoms with Crippen LogP contribution in [0.2, 0.25) is 0 Å². The molecule has 25 heavy (non-hydrogen) atoms. The Morgan fingerprint density at radius 2 is 1.88 bits per heavy atom. The molecule has 1 saturated heterocycles. The third-order valence-electron chi connectivity index (χ3n) is 4.26. The van der Waals surface area contributed by atoms with Crippen LogP contribution in [0, 0.1) is 5.92 Å². The molecule has 1 fully saturated rings. The quantitative estimate of drug-likeness (QED) is 0.780. The van der Waals surface area contributed by atoms with Crippen LogP contribution < -0.4 is 4.90 Å². The highest BCUT2D eigenvalue weighted by Gasteiger charge is 2.38. The lowest BCUT2D eigenvalue weighted by Gasteiger charge is -2.25. The van der Waals surface area contributed by atoms with E-state index in [-0.39, 0.29) is 30.5 Å². The minimum atomic E-state index is -4.47. The summed E-state index contributed by atoms with van der Waals surface area (Å²) < 4.78 is 38.6. The number of hydrogen-bond donors (Lipinski definition) is 0. The summed E-state index contributed by atoms with van der Waals surface area (Å²) in [6, 6.07) is 4.68. The van der Waals surface area contributed by atoms with E-state index >= 15 is 0 Å². The van der Waals surface area contributed by atoms with Crippen LogP contribution in [0.5, 0.6) is 0 Å². The Morgan fingerprint density at radius 1 is 1.24 bits per heavy atom. The van der Waals surface area contributed by atoms with Gasteiger partial charge in [-0.2, -0.15) is 13.2 Å². The largest absolute Gasteiger partial charge is 0.416 e. The topological polar surface area (TPSA) is 40.6 Å². The first-order valence-electron chi connectivity index (χ1n) is 8.54. The Kier molecular flexibility index (Phi) is 6.08. The van der Waals surface area contributed by atoms with Gasteiger partial charge in [0.2, 0.25) is 11.8 Å². The third kappa shape index (κ3) is 4.52. The van der Waals surface area contributed by atoms with Crippen LogP contribution in [-0.2, 0) is 15.8 Å². The van der Waals surface area contributed by atoms with Gasteiger partial charge < -0.3 is 9.80 Å². The van der Waals surface area contributed by atoms with E-state index in [0.29, 0.717) is 13.1 Å². The minimum Gasteiger partial charge on any atom is -0.342 e. The second-order valence-corrected chi connectivity index (χ2v) is 6.28. The number of nitrogens with zero attached hydrogens (tertiary/aromatic N) is 2. The van der Waals surface area contributed by atoms with Crippen molar-refractivity contribution < 1.29 is 22.8 Å². The van der Waals surface area contributed by atoms with Crippen LogP contribution in [0.15, 0.2) is 24.3 Å². The first-order chi connectivity index (χ1) is 11.8. The molecule has 1 aliphatic heterocycles. The fourth-order valence-corrected chi connectivity index (χ4v) is 3.10. The van der Waals surface area contributed by atoms with E-state index in [1.54, 1.807) is 4.90 Å². The summed E-state index contributed by atoms with van der Waals surface area (Å²) in [5, 5.41) is 0. The van der Waals surface area contributed by atoms with Gasteiger partial charge in [0.1, 0.15) is 0 Å². The number of benzene rings is 1. The minimum absolute atomic E-state index is 0.0407. The first-order valence-corrected chi connectivity index (χ1v) is 8.54. The molecule has 0 saturated carbocycles. The summed E-state index contributed by atoms with van der Waals surface area (Å²) >= 11 is 0. The Morgan fingerprint density at radius 3 is 2.44 bits per heavy atom. The molecule has 138 valence electrons. The average Bonchev–Trinajstić information content (AvgIpc) is 2.95. The summed E-state index contributed by atoms with van der Waals surface area (Å²) in [5.74, 6) is -0.905. The number of amides is 2. The van der Waals surface area contributed by atoms with Gasteiger partial charge in [-0.1, -0.05) is 19.9 Å². The molecule has 1 aromatic rings. The number of carbonyl (C=O) groups excluding carboxylic acids is 2. The predicted molar refractivity (Wildman–Crippen MR) is 89.1 cm³/mol. The number of carbonyl (C=O) groups is 2. The lowest BCUT2D eigenvalue weighted by Crippen LogP contribution is -2.38. The molecule has 0 spiro atoms. The van der Waals surface area contributed by atoms with Crippen LogP contribution in [0.25, 0.3) is 0 Å². The number of halogens is 3. The molecule has 4 nitrogen and oxygen atoms in total. The molecule has 2 rings (SSSR count). The fourth-order valence-electron chi connectivity index (χ4n) is 3.10. The van der Waals surface area contributed by atoms with Crippen LogP contribution in [-0.4, -0.2) is 36.3 Å². The Labute approximate surface area is 145 Å². The van der Waals surface area contributed by atoms with Crippen molar-refractivity contribution in [1.82, 2.24) is 4.90 Å². The van der Waals surface area contributed by atoms with Gasteiger partial charge in [0.05, 0.1) is 11.5 Å². The summed E-state index contributed by atoms with van der Waals surface area (Å²) in [6.45, 7) is 5.33. The third-order valence-corrected chi connectivity index (χ3v) is 4.26. The standard InChI is InChI=1S/C18H23F3N2O2/c1-3-8-22(9-4-2)17(25)13-10-16(24)23(12-13)15-7-5-6-14(11-15)18(19,20)21/h5-7,11,13H,3-4,8-10,12H2,1-2H3. The van der Waals surface area contributed by atoms with Crippen LogP contribution in [0.4, 0.5) is 18.9 Å². The van der Waals surface area contributed by atoms with Gasteiger partial charge in [0.15, 0.2) is 0 Å². The molecule has 1 heterocycles. The lowest BCUT2D eigenvalue weighted by molar-refractivity contribution is -0.137. The van der Waals surface area contributed by atoms with E-state index in [0.717, 1.165) is 25.0 Å². The summed E-state index contributed by atoms with van der Waals surface area (Å²) in [5.41, 5.74) is -0.612. The molecule has 1 atom stereocenters. The van der Waals surface area contributed by atoms with E-state index in [2.05, 4.69) is 0 Å². The molecular weight excluding hydrogens is 333 g/mol. The van der Waals surface area contributed by atoms with Gasteiger partial charge in [-0.15, -0.1) is 0 Å². The zero-order chi connectivity index (χ0) is 18.6. The fraction of sp³-hybridized carbons (Fsp3) is 0.556. The molecule has 1 aliphatic rings. The molecular formula is C18H23F3N2O2. The second kappa shape index (κ2) is 7.89. The van der Waals surface area contributed by atoms with Gasteiger partial charge in [-0.25, -0.2) is 0 Å². The molecule has 7 heteroatoms. The van der Waals surface area contributed by atoms with Gasteiger partial charge in [0, 0.05) is 31.7 Å². The maximum Gasteiger partial charge on any atom is 0.416 e. The normalized spacial score (nSPS) is 17.9. The Hall–Kier alpha value is -2.05. The van der Waals surface area contributed by atoms with Gasteiger partial charge in [-0.05, 0) is 31.0 Å². The zero-order valence-electron chi connectivity index (χ0n) is 14.5. The maximum atomic E-state index is 12.9. The molecule has 0 N–H and O–H groups in total. The van der Waals surface area contributed by atoms with Gasteiger partial charge in [0.25, 0.3) is 0 Å². The van der Waals surface area contributed by atoms with Crippen LogP contribution in [0.1, 0.15) is 38.7 Å². The number of hydrogen-bond acceptors (Lipinski definition) is 2. The number of rotatable bonds is 6. The molecule has 0 radical (unpaired) electrons. The Bertz CT molecular complexity index is 625. The van der Waals surface area contributed by atoms with E-state index in [4.69, 9.17) is 0 Å². The van der Waals surface area contributed by atoms with Crippen molar-refractivity contribution in [3.8, 4) is 0 Å². The summed E-state index contributed by atoms with van der Waals surface area (Å²) in [7, 11) is 0. The van der Waals surface area contributed by atoms with E-state index in [9.17, 15) is 22.8 Å². The summed E-state index contributed by atoms with van der Waals surface area (Å²) in [4.78, 5) is 27.9. The molecule has 2 amide bonds.